The number of halogens is 9. The van der Waals surface area contributed by atoms with Crippen LogP contribution in [0.1, 0.15) is 0 Å². The first-order chi connectivity index (χ1) is 14.6. The van der Waals surface area contributed by atoms with Crippen molar-refractivity contribution in [2.75, 3.05) is 0 Å². The molecule has 0 fully saturated rings. The van der Waals surface area contributed by atoms with Crippen molar-refractivity contribution in [1.29, 1.82) is 0 Å². The summed E-state index contributed by atoms with van der Waals surface area (Å²) in [5.74, 6) is -20.2. The van der Waals surface area contributed by atoms with E-state index in [4.69, 9.17) is 0 Å². The molecule has 0 bridgehead atoms. The molecule has 0 N–H and O–H groups in total. The smallest absolute Gasteiger partial charge is 0.487 e. The fraction of sp³-hybridized carbons (Fsp3) is 0. The number of hydrogen-bond donors (Lipinski definition) is 0. The van der Waals surface area contributed by atoms with Gasteiger partial charge in [-0.3, -0.25) is 0 Å². The van der Waals surface area contributed by atoms with Crippen molar-refractivity contribution in [2.24, 2.45) is 0 Å². The van der Waals surface area contributed by atoms with Crippen LogP contribution in [0.4, 0.5) is 39.5 Å². The van der Waals surface area contributed by atoms with Gasteiger partial charge in [0.05, 0.1) is 0 Å². The minimum absolute atomic E-state index is 0.370. The summed E-state index contributed by atoms with van der Waals surface area (Å²) >= 11 is 0. The predicted octanol–water partition coefficient (Wildman–Crippen LogP) is 5.46. The number of hydrogen-bond acceptors (Lipinski definition) is 3. The Morgan fingerprint density at radius 3 is 1.29 bits per heavy atom. The van der Waals surface area contributed by atoms with E-state index in [0.29, 0.717) is 36.4 Å². The Labute approximate surface area is 167 Å². The molecule has 0 heterocycles. The van der Waals surface area contributed by atoms with Crippen LogP contribution in [-0.2, 0) is 0 Å². The molecule has 0 atom stereocenters. The highest BCUT2D eigenvalue weighted by Gasteiger charge is 2.37. The van der Waals surface area contributed by atoms with Crippen LogP contribution in [0.3, 0.4) is 0 Å². The van der Waals surface area contributed by atoms with Crippen molar-refractivity contribution < 1.29 is 53.5 Å². The third-order valence-corrected chi connectivity index (χ3v) is 3.65. The lowest BCUT2D eigenvalue weighted by molar-refractivity contribution is 0.267. The molecule has 0 amide bonds. The fourth-order valence-electron chi connectivity index (χ4n) is 2.20. The first kappa shape index (κ1) is 22.2. The summed E-state index contributed by atoms with van der Waals surface area (Å²) in [6, 6.07) is 2.38. The van der Waals surface area contributed by atoms with E-state index in [-0.39, 0.29) is 0 Å². The largest absolute Gasteiger partial charge is 0.864 e. The van der Waals surface area contributed by atoms with Crippen molar-refractivity contribution in [3.05, 3.63) is 88.8 Å². The van der Waals surface area contributed by atoms with E-state index in [0.717, 1.165) is 0 Å². The summed E-state index contributed by atoms with van der Waals surface area (Å²) in [5.41, 5.74) is 0. The second kappa shape index (κ2) is 8.70. The van der Waals surface area contributed by atoms with E-state index in [1.807, 2.05) is 0 Å². The molecule has 0 aromatic heterocycles. The molecule has 0 saturated heterocycles. The van der Waals surface area contributed by atoms with E-state index in [1.54, 1.807) is 0 Å². The Kier molecular flexibility index (Phi) is 6.23. The van der Waals surface area contributed by atoms with E-state index in [1.165, 1.54) is 0 Å². The predicted molar refractivity (Wildman–Crippen MR) is 86.6 cm³/mol. The SMILES string of the molecule is Fc1ccc(OB(Oc2c(F)ccc(F)c2F)Oc2c(F)ccc(F)c2F)c(F)c1F. The van der Waals surface area contributed by atoms with E-state index >= 15 is 0 Å². The third-order valence-electron chi connectivity index (χ3n) is 3.65. The van der Waals surface area contributed by atoms with Gasteiger partial charge < -0.3 is 14.0 Å². The zero-order valence-electron chi connectivity index (χ0n) is 14.7. The Balaban J connectivity index is 2.04. The molecule has 162 valence electrons. The van der Waals surface area contributed by atoms with Crippen molar-refractivity contribution >= 4 is 7.32 Å². The second-order valence-corrected chi connectivity index (χ2v) is 5.66. The molecule has 3 rings (SSSR count). The fourth-order valence-corrected chi connectivity index (χ4v) is 2.20. The van der Waals surface area contributed by atoms with Crippen LogP contribution in [0.25, 0.3) is 0 Å². The summed E-state index contributed by atoms with van der Waals surface area (Å²) < 4.78 is 136. The molecular weight excluding hydrogens is 446 g/mol. The van der Waals surface area contributed by atoms with Crippen molar-refractivity contribution in [3.63, 3.8) is 0 Å². The summed E-state index contributed by atoms with van der Waals surface area (Å²) in [6.45, 7) is 0. The Bertz CT molecular complexity index is 1080. The molecular formula is C18H6BF9O3. The summed E-state index contributed by atoms with van der Waals surface area (Å²) in [6.07, 6.45) is 0. The molecule has 31 heavy (non-hydrogen) atoms. The highest BCUT2D eigenvalue weighted by atomic mass is 19.2. The minimum Gasteiger partial charge on any atom is -0.487 e. The quantitative estimate of drug-likeness (QED) is 0.215. The van der Waals surface area contributed by atoms with E-state index in [9.17, 15) is 39.5 Å². The summed E-state index contributed by atoms with van der Waals surface area (Å²) in [4.78, 5) is 0. The molecule has 0 radical (unpaired) electrons. The van der Waals surface area contributed by atoms with Crippen LogP contribution in [0, 0.1) is 52.4 Å². The second-order valence-electron chi connectivity index (χ2n) is 5.66. The molecule has 0 aliphatic carbocycles. The average Bonchev–Trinajstić information content (AvgIpc) is 2.74. The molecule has 3 nitrogen and oxygen atoms in total. The highest BCUT2D eigenvalue weighted by Crippen LogP contribution is 2.29. The van der Waals surface area contributed by atoms with Gasteiger partial charge in [-0.1, -0.05) is 0 Å². The van der Waals surface area contributed by atoms with Gasteiger partial charge in [0.2, 0.25) is 17.5 Å². The molecule has 0 unspecified atom stereocenters. The van der Waals surface area contributed by atoms with Crippen LogP contribution in [-0.4, -0.2) is 7.32 Å². The van der Waals surface area contributed by atoms with Crippen molar-refractivity contribution in [1.82, 2.24) is 0 Å². The molecule has 0 spiro atoms. The summed E-state index contributed by atoms with van der Waals surface area (Å²) in [5, 5.41) is 0. The topological polar surface area (TPSA) is 27.7 Å². The van der Waals surface area contributed by atoms with Gasteiger partial charge >= 0.3 is 7.32 Å². The van der Waals surface area contributed by atoms with Crippen LogP contribution in [0.2, 0.25) is 0 Å². The lowest BCUT2D eigenvalue weighted by atomic mass is 10.1. The van der Waals surface area contributed by atoms with Gasteiger partial charge in [0.25, 0.3) is 0 Å². The number of benzene rings is 3. The maximum absolute atomic E-state index is 13.9. The highest BCUT2D eigenvalue weighted by molar-refractivity contribution is 6.39. The normalized spacial score (nSPS) is 10.7. The van der Waals surface area contributed by atoms with Crippen LogP contribution >= 0.6 is 0 Å². The van der Waals surface area contributed by atoms with Crippen molar-refractivity contribution in [2.45, 2.75) is 0 Å². The lowest BCUT2D eigenvalue weighted by Crippen LogP contribution is -2.38. The van der Waals surface area contributed by atoms with Gasteiger partial charge in [0, 0.05) is 0 Å². The molecule has 0 aliphatic heterocycles. The molecule has 0 saturated carbocycles. The molecule has 0 aliphatic rings. The number of rotatable bonds is 6. The van der Waals surface area contributed by atoms with Gasteiger partial charge in [0.15, 0.2) is 46.4 Å². The van der Waals surface area contributed by atoms with Crippen LogP contribution in [0.15, 0.2) is 36.4 Å². The summed E-state index contributed by atoms with van der Waals surface area (Å²) in [7, 11) is -2.74. The van der Waals surface area contributed by atoms with Gasteiger partial charge in [-0.25, -0.2) is 26.3 Å². The zero-order chi connectivity index (χ0) is 22.9. The third kappa shape index (κ3) is 4.49. The van der Waals surface area contributed by atoms with Crippen molar-refractivity contribution in [3.8, 4) is 17.2 Å². The Hall–Kier alpha value is -3.51. The molecule has 13 heteroatoms. The van der Waals surface area contributed by atoms with Gasteiger partial charge in [-0.15, -0.1) is 0 Å². The Morgan fingerprint density at radius 1 is 0.419 bits per heavy atom. The minimum atomic E-state index is -2.74. The Morgan fingerprint density at radius 2 is 0.806 bits per heavy atom. The van der Waals surface area contributed by atoms with Crippen LogP contribution in [0.5, 0.6) is 17.2 Å². The monoisotopic (exact) mass is 452 g/mol. The van der Waals surface area contributed by atoms with E-state index < -0.39 is 76.9 Å². The molecule has 3 aromatic rings. The standard InChI is InChI=1S/C18H6BF9O3/c20-7-5-6-12(16(28)13(7)25)29-19(30-17-10(23)3-1-8(21)14(17)26)31-18-11(24)4-2-9(22)15(18)27/h1-6H. The zero-order valence-corrected chi connectivity index (χ0v) is 14.7. The van der Waals surface area contributed by atoms with E-state index in [2.05, 4.69) is 14.0 Å². The average molecular weight is 452 g/mol. The molecule has 3 aromatic carbocycles. The maximum atomic E-state index is 13.9. The first-order valence-electron chi connectivity index (χ1n) is 8.00. The first-order valence-corrected chi connectivity index (χ1v) is 8.00. The van der Waals surface area contributed by atoms with Crippen LogP contribution < -0.4 is 14.0 Å². The lowest BCUT2D eigenvalue weighted by Gasteiger charge is -2.18. The van der Waals surface area contributed by atoms with Gasteiger partial charge in [0.1, 0.15) is 5.75 Å². The van der Waals surface area contributed by atoms with Gasteiger partial charge in [-0.2, -0.15) is 13.2 Å². The maximum Gasteiger partial charge on any atom is 0.864 e. The van der Waals surface area contributed by atoms with Gasteiger partial charge in [-0.05, 0) is 36.4 Å².